The molecule has 0 unspecified atom stereocenters. The molecule has 0 radical (unpaired) electrons. The summed E-state index contributed by atoms with van der Waals surface area (Å²) in [5, 5.41) is 11.7. The highest BCUT2D eigenvalue weighted by Gasteiger charge is 2.35. The maximum Gasteiger partial charge on any atom is 0.269 e. The molecule has 4 rings (SSSR count). The Morgan fingerprint density at radius 3 is 2.76 bits per heavy atom. The van der Waals surface area contributed by atoms with Crippen LogP contribution in [-0.2, 0) is 20.6 Å². The summed E-state index contributed by atoms with van der Waals surface area (Å²) in [4.78, 5) is 20.2. The van der Waals surface area contributed by atoms with Crippen molar-refractivity contribution < 1.29 is 4.79 Å². The second-order valence-electron chi connectivity index (χ2n) is 6.50. The molecule has 0 atom stereocenters. The van der Waals surface area contributed by atoms with Crippen LogP contribution in [0.5, 0.6) is 0 Å². The number of imidazole rings is 2. The van der Waals surface area contributed by atoms with Gasteiger partial charge in [-0.1, -0.05) is 0 Å². The van der Waals surface area contributed by atoms with Crippen molar-refractivity contribution in [3.8, 4) is 0 Å². The van der Waals surface area contributed by atoms with E-state index in [0.29, 0.717) is 18.2 Å². The lowest BCUT2D eigenvalue weighted by Gasteiger charge is -2.35. The summed E-state index contributed by atoms with van der Waals surface area (Å²) in [6.45, 7) is 0.650. The van der Waals surface area contributed by atoms with Crippen LogP contribution in [0.1, 0.15) is 40.9 Å². The molecule has 130 valence electrons. The summed E-state index contributed by atoms with van der Waals surface area (Å²) in [6.07, 6.45) is 10.4. The van der Waals surface area contributed by atoms with E-state index in [-0.39, 0.29) is 11.9 Å². The molecule has 3 aromatic heterocycles. The lowest BCUT2D eigenvalue weighted by Crippen LogP contribution is -2.44. The first-order chi connectivity index (χ1) is 12.1. The predicted octanol–water partition coefficient (Wildman–Crippen LogP) is 0.469. The van der Waals surface area contributed by atoms with Crippen LogP contribution in [0.2, 0.25) is 0 Å². The average Bonchev–Trinajstić information content (AvgIpc) is 3.27. The summed E-state index contributed by atoms with van der Waals surface area (Å²) in [6, 6.07) is 0.168. The Kier molecular flexibility index (Phi) is 3.83. The Morgan fingerprint density at radius 2 is 2.08 bits per heavy atom. The van der Waals surface area contributed by atoms with E-state index >= 15 is 0 Å². The molecule has 0 aliphatic heterocycles. The zero-order valence-corrected chi connectivity index (χ0v) is 14.2. The van der Waals surface area contributed by atoms with Crippen molar-refractivity contribution in [2.45, 2.75) is 31.3 Å². The molecule has 1 aliphatic rings. The van der Waals surface area contributed by atoms with Gasteiger partial charge in [-0.3, -0.25) is 4.79 Å². The number of nitrogens with one attached hydrogen (secondary N) is 1. The molecule has 1 saturated carbocycles. The fourth-order valence-corrected chi connectivity index (χ4v) is 3.19. The highest BCUT2D eigenvalue weighted by atomic mass is 16.2. The quantitative estimate of drug-likeness (QED) is 0.728. The molecule has 9 nitrogen and oxygen atoms in total. The van der Waals surface area contributed by atoms with Gasteiger partial charge in [-0.05, 0) is 12.8 Å². The number of rotatable bonds is 5. The minimum absolute atomic E-state index is 0.0813. The Labute approximate surface area is 144 Å². The van der Waals surface area contributed by atoms with E-state index < -0.39 is 0 Å². The van der Waals surface area contributed by atoms with E-state index in [2.05, 4.69) is 25.5 Å². The van der Waals surface area contributed by atoms with Crippen molar-refractivity contribution in [2.75, 3.05) is 0 Å². The van der Waals surface area contributed by atoms with Gasteiger partial charge in [0.1, 0.15) is 11.5 Å². The molecular formula is C16H20N8O. The summed E-state index contributed by atoms with van der Waals surface area (Å²) < 4.78 is 5.73. The van der Waals surface area contributed by atoms with Crippen molar-refractivity contribution in [1.82, 2.24) is 39.2 Å². The van der Waals surface area contributed by atoms with Crippen molar-refractivity contribution >= 4 is 5.91 Å². The predicted molar refractivity (Wildman–Crippen MR) is 88.8 cm³/mol. The van der Waals surface area contributed by atoms with Crippen molar-refractivity contribution in [3.63, 3.8) is 0 Å². The Balaban J connectivity index is 1.35. The van der Waals surface area contributed by atoms with Gasteiger partial charge in [-0.2, -0.15) is 0 Å². The summed E-state index contributed by atoms with van der Waals surface area (Å²) in [5.74, 6) is 2.12. The highest BCUT2D eigenvalue weighted by Crippen LogP contribution is 2.36. The first-order valence-electron chi connectivity index (χ1n) is 8.23. The standard InChI is InChI=1S/C16H20N8O/c1-22-9-18-7-13(22)16(25)19-12-5-11(6-12)15-21-20-14(23(15)2)8-24-4-3-17-10-24/h3-4,7,9-12H,5-6,8H2,1-2H3,(H,19,25). The zero-order valence-electron chi connectivity index (χ0n) is 14.2. The second-order valence-corrected chi connectivity index (χ2v) is 6.50. The SMILES string of the molecule is Cn1cncc1C(=O)NC1CC(c2nnc(Cn3ccnc3)n2C)C1. The minimum Gasteiger partial charge on any atom is -0.348 e. The average molecular weight is 340 g/mol. The number of hydrogen-bond donors (Lipinski definition) is 1. The van der Waals surface area contributed by atoms with Crippen molar-refractivity contribution in [3.05, 3.63) is 48.6 Å². The number of carbonyl (C=O) groups is 1. The van der Waals surface area contributed by atoms with E-state index in [9.17, 15) is 4.79 Å². The normalized spacial score (nSPS) is 19.6. The second kappa shape index (κ2) is 6.15. The zero-order chi connectivity index (χ0) is 17.4. The minimum atomic E-state index is -0.0813. The molecule has 0 saturated heterocycles. The number of aryl methyl sites for hydroxylation is 1. The molecule has 25 heavy (non-hydrogen) atoms. The van der Waals surface area contributed by atoms with Gasteiger partial charge in [0.05, 0.1) is 25.4 Å². The molecule has 0 aromatic carbocycles. The van der Waals surface area contributed by atoms with Gasteiger partial charge in [0.2, 0.25) is 0 Å². The molecule has 0 spiro atoms. The van der Waals surface area contributed by atoms with Crippen LogP contribution in [0.15, 0.2) is 31.2 Å². The topological polar surface area (TPSA) is 95.4 Å². The van der Waals surface area contributed by atoms with Gasteiger partial charge in [0.15, 0.2) is 5.82 Å². The lowest BCUT2D eigenvalue weighted by molar-refractivity contribution is 0.0898. The largest absolute Gasteiger partial charge is 0.348 e. The first-order valence-corrected chi connectivity index (χ1v) is 8.23. The maximum atomic E-state index is 12.2. The van der Waals surface area contributed by atoms with Crippen LogP contribution in [0.4, 0.5) is 0 Å². The molecule has 1 fully saturated rings. The Morgan fingerprint density at radius 1 is 1.24 bits per heavy atom. The highest BCUT2D eigenvalue weighted by molar-refractivity contribution is 5.92. The van der Waals surface area contributed by atoms with Gasteiger partial charge in [0, 0.05) is 38.4 Å². The first kappa shape index (κ1) is 15.6. The van der Waals surface area contributed by atoms with Gasteiger partial charge in [-0.25, -0.2) is 9.97 Å². The number of hydrogen-bond acceptors (Lipinski definition) is 5. The molecule has 1 amide bonds. The molecule has 3 heterocycles. The summed E-state index contributed by atoms with van der Waals surface area (Å²) >= 11 is 0. The maximum absolute atomic E-state index is 12.2. The van der Waals surface area contributed by atoms with E-state index in [4.69, 9.17) is 0 Å². The van der Waals surface area contributed by atoms with Crippen LogP contribution in [-0.4, -0.2) is 45.8 Å². The summed E-state index contributed by atoms with van der Waals surface area (Å²) in [7, 11) is 3.80. The molecule has 9 heteroatoms. The Bertz CT molecular complexity index is 872. The molecule has 0 bridgehead atoms. The third-order valence-corrected chi connectivity index (χ3v) is 4.77. The number of nitrogens with zero attached hydrogens (tertiary/aromatic N) is 7. The van der Waals surface area contributed by atoms with Crippen LogP contribution in [0.3, 0.4) is 0 Å². The van der Waals surface area contributed by atoms with Crippen molar-refractivity contribution in [1.29, 1.82) is 0 Å². The van der Waals surface area contributed by atoms with Gasteiger partial charge in [-0.15, -0.1) is 10.2 Å². The number of amides is 1. The fourth-order valence-electron chi connectivity index (χ4n) is 3.19. The van der Waals surface area contributed by atoms with Gasteiger partial charge >= 0.3 is 0 Å². The van der Waals surface area contributed by atoms with Crippen LogP contribution in [0, 0.1) is 0 Å². The molecule has 3 aromatic rings. The third kappa shape index (κ3) is 2.92. The monoisotopic (exact) mass is 340 g/mol. The molecular weight excluding hydrogens is 320 g/mol. The van der Waals surface area contributed by atoms with Gasteiger partial charge < -0.3 is 19.0 Å². The van der Waals surface area contributed by atoms with Crippen LogP contribution >= 0.6 is 0 Å². The lowest BCUT2D eigenvalue weighted by atomic mass is 9.79. The third-order valence-electron chi connectivity index (χ3n) is 4.77. The molecule has 1 N–H and O–H groups in total. The van der Waals surface area contributed by atoms with E-state index in [0.717, 1.165) is 24.5 Å². The number of carbonyl (C=O) groups excluding carboxylic acids is 1. The van der Waals surface area contributed by atoms with E-state index in [1.165, 1.54) is 0 Å². The van der Waals surface area contributed by atoms with Crippen LogP contribution < -0.4 is 5.32 Å². The van der Waals surface area contributed by atoms with E-state index in [1.807, 2.05) is 29.4 Å². The van der Waals surface area contributed by atoms with Crippen molar-refractivity contribution in [2.24, 2.45) is 14.1 Å². The molecule has 1 aliphatic carbocycles. The Hall–Kier alpha value is -2.97. The number of aromatic nitrogens is 7. The summed E-state index contributed by atoms with van der Waals surface area (Å²) in [5.41, 5.74) is 0.574. The van der Waals surface area contributed by atoms with Gasteiger partial charge in [0.25, 0.3) is 5.91 Å². The van der Waals surface area contributed by atoms with Crippen LogP contribution in [0.25, 0.3) is 0 Å². The van der Waals surface area contributed by atoms with E-state index in [1.54, 1.807) is 29.6 Å². The fraction of sp³-hybridized carbons (Fsp3) is 0.438. The smallest absolute Gasteiger partial charge is 0.269 e.